The maximum Gasteiger partial charge on any atom is 0.111 e. The van der Waals surface area contributed by atoms with Crippen molar-refractivity contribution in [2.75, 3.05) is 39.6 Å². The number of hydrogen-bond acceptors (Lipinski definition) is 12. The van der Waals surface area contributed by atoms with E-state index in [1.165, 1.54) is 6.92 Å². The molecule has 12 N–H and O–H groups in total. The van der Waals surface area contributed by atoms with Crippen molar-refractivity contribution in [3.63, 3.8) is 0 Å². The van der Waals surface area contributed by atoms with E-state index in [9.17, 15) is 0 Å². The van der Waals surface area contributed by atoms with E-state index in [0.717, 1.165) is 0 Å². The minimum atomic E-state index is -1.67. The second-order valence-electron chi connectivity index (χ2n) is 4.85. The summed E-state index contributed by atoms with van der Waals surface area (Å²) in [6.07, 6.45) is -7.91. The lowest BCUT2D eigenvalue weighted by molar-refractivity contribution is -0.123. The van der Waals surface area contributed by atoms with E-state index < -0.39 is 49.8 Å². The molecule has 0 aromatic carbocycles. The summed E-state index contributed by atoms with van der Waals surface area (Å²) in [5.41, 5.74) is 0. The monoisotopic (exact) mass is 396 g/mol. The average molecular weight is 396 g/mol. The topological polar surface area (TPSA) is 243 Å². The van der Waals surface area contributed by atoms with Crippen LogP contribution in [-0.2, 0) is 0 Å². The van der Waals surface area contributed by atoms with Gasteiger partial charge in [-0.3, -0.25) is 0 Å². The van der Waals surface area contributed by atoms with Crippen LogP contribution in [0.25, 0.3) is 0 Å². The van der Waals surface area contributed by atoms with Gasteiger partial charge in [0.05, 0.1) is 39.1 Å². The largest absolute Gasteiger partial charge is 0.397 e. The maximum absolute atomic E-state index is 8.96. The highest BCUT2D eigenvalue weighted by molar-refractivity contribution is 4.79. The average Bonchev–Trinajstić information content (AvgIpc) is 2.66. The molecule has 0 radical (unpaired) electrons. The molecule has 0 fully saturated rings. The fraction of sp³-hybridized carbons (Fsp3) is 1.00. The molecule has 0 saturated carbocycles. The molecule has 0 amide bonds. The molecule has 0 aliphatic rings. The minimum absolute atomic E-state index is 0.139. The van der Waals surface area contributed by atoms with Crippen LogP contribution in [0.3, 0.4) is 0 Å². The molecule has 5 atom stereocenters. The molecule has 0 aliphatic carbocycles. The van der Waals surface area contributed by atoms with Gasteiger partial charge in [-0.2, -0.15) is 0 Å². The van der Waals surface area contributed by atoms with E-state index in [-0.39, 0.29) is 26.4 Å². The zero-order chi connectivity index (χ0) is 21.7. The summed E-state index contributed by atoms with van der Waals surface area (Å²) in [7, 11) is 0. The van der Waals surface area contributed by atoms with Crippen molar-refractivity contribution in [3.8, 4) is 0 Å². The first-order valence-corrected chi connectivity index (χ1v) is 7.77. The highest BCUT2D eigenvalue weighted by atomic mass is 16.4. The van der Waals surface area contributed by atoms with Crippen molar-refractivity contribution in [2.45, 2.75) is 50.5 Å². The van der Waals surface area contributed by atoms with Gasteiger partial charge in [-0.25, -0.2) is 0 Å². The Morgan fingerprint density at radius 2 is 0.769 bits per heavy atom. The Morgan fingerprint density at radius 1 is 0.538 bits per heavy atom. The lowest BCUT2D eigenvalue weighted by Crippen LogP contribution is -2.46. The second kappa shape index (κ2) is 24.5. The fourth-order valence-corrected chi connectivity index (χ4v) is 0.729. The van der Waals surface area contributed by atoms with Gasteiger partial charge in [0.1, 0.15) is 30.5 Å². The van der Waals surface area contributed by atoms with Gasteiger partial charge in [-0.15, -0.1) is 0 Å². The number of hydrogen-bond donors (Lipinski definition) is 12. The molecule has 0 spiro atoms. The third-order valence-corrected chi connectivity index (χ3v) is 2.20. The summed E-state index contributed by atoms with van der Waals surface area (Å²) in [5.74, 6) is 0. The molecule has 0 aromatic rings. The molecule has 0 heterocycles. The molecule has 0 aromatic heterocycles. The van der Waals surface area contributed by atoms with E-state index in [4.69, 9.17) is 61.3 Å². The molecule has 0 saturated heterocycles. The quantitative estimate of drug-likeness (QED) is 0.183. The van der Waals surface area contributed by atoms with Crippen molar-refractivity contribution >= 4 is 0 Å². The van der Waals surface area contributed by atoms with Crippen LogP contribution in [0, 0.1) is 0 Å². The van der Waals surface area contributed by atoms with Crippen LogP contribution < -0.4 is 0 Å². The van der Waals surface area contributed by atoms with Crippen molar-refractivity contribution in [3.05, 3.63) is 0 Å². The van der Waals surface area contributed by atoms with E-state index in [1.807, 2.05) is 0 Å². The lowest BCUT2D eigenvalue weighted by Gasteiger charge is -2.24. The van der Waals surface area contributed by atoms with Gasteiger partial charge in [0, 0.05) is 6.61 Å². The SMILES string of the molecule is CC(O)CO.CCO.OCC(O)C(O)C(O)C(O)CO.OCC(O)CO. The van der Waals surface area contributed by atoms with Gasteiger partial charge in [0.25, 0.3) is 0 Å². The predicted octanol–water partition coefficient (Wildman–Crippen LogP) is -5.90. The van der Waals surface area contributed by atoms with Crippen LogP contribution in [0.1, 0.15) is 13.8 Å². The van der Waals surface area contributed by atoms with E-state index in [2.05, 4.69) is 0 Å². The molecule has 12 heteroatoms. The summed E-state index contributed by atoms with van der Waals surface area (Å²) >= 11 is 0. The van der Waals surface area contributed by atoms with Gasteiger partial charge in [-0.05, 0) is 13.8 Å². The first-order chi connectivity index (χ1) is 12.0. The van der Waals surface area contributed by atoms with Gasteiger partial charge < -0.3 is 61.3 Å². The van der Waals surface area contributed by atoms with E-state index in [1.54, 1.807) is 6.92 Å². The molecule has 12 nitrogen and oxygen atoms in total. The Bertz CT molecular complexity index is 226. The first kappa shape index (κ1) is 33.1. The molecule has 5 unspecified atom stereocenters. The lowest BCUT2D eigenvalue weighted by atomic mass is 10.0. The Kier molecular flexibility index (Phi) is 31.2. The standard InChI is InChI=1S/C6H14O6.C3H8O3.C3H8O2.C2H6O/c7-1-3(9)5(11)6(12)4(10)2-8;4-1-3(6)2-5;1-3(5)2-4;1-2-3/h3-12H,1-2H2;3-6H,1-2H2;3-5H,2H2,1H3;3H,2H2,1H3. The zero-order valence-corrected chi connectivity index (χ0v) is 15.1. The van der Waals surface area contributed by atoms with Crippen LogP contribution in [-0.4, -0.2) is 138 Å². The van der Waals surface area contributed by atoms with Crippen LogP contribution in [0.5, 0.6) is 0 Å². The Morgan fingerprint density at radius 3 is 0.846 bits per heavy atom. The summed E-state index contributed by atoms with van der Waals surface area (Å²) < 4.78 is 0. The van der Waals surface area contributed by atoms with Crippen molar-refractivity contribution in [1.29, 1.82) is 0 Å². The molecule has 0 bridgehead atoms. The number of aliphatic hydroxyl groups is 12. The van der Waals surface area contributed by atoms with Crippen molar-refractivity contribution < 1.29 is 61.3 Å². The molecular weight excluding hydrogens is 360 g/mol. The highest BCUT2D eigenvalue weighted by Crippen LogP contribution is 2.04. The highest BCUT2D eigenvalue weighted by Gasteiger charge is 2.29. The smallest absolute Gasteiger partial charge is 0.111 e. The minimum Gasteiger partial charge on any atom is -0.397 e. The molecule has 164 valence electrons. The third kappa shape index (κ3) is 25.8. The summed E-state index contributed by atoms with van der Waals surface area (Å²) in [4.78, 5) is 0. The predicted molar refractivity (Wildman–Crippen MR) is 89.9 cm³/mol. The normalized spacial score (nSPS) is 15.8. The summed E-state index contributed by atoms with van der Waals surface area (Å²) in [6, 6.07) is 0. The van der Waals surface area contributed by atoms with Gasteiger partial charge in [0.2, 0.25) is 0 Å². The number of rotatable bonds is 8. The van der Waals surface area contributed by atoms with Crippen LogP contribution in [0.15, 0.2) is 0 Å². The van der Waals surface area contributed by atoms with Crippen LogP contribution in [0.4, 0.5) is 0 Å². The Labute approximate surface area is 152 Å². The van der Waals surface area contributed by atoms with Crippen molar-refractivity contribution in [2.24, 2.45) is 0 Å². The van der Waals surface area contributed by atoms with Crippen LogP contribution in [0.2, 0.25) is 0 Å². The zero-order valence-electron chi connectivity index (χ0n) is 15.1. The first-order valence-electron chi connectivity index (χ1n) is 7.77. The fourth-order valence-electron chi connectivity index (χ4n) is 0.729. The number of aliphatic hydroxyl groups excluding tert-OH is 12. The van der Waals surface area contributed by atoms with Gasteiger partial charge in [0.15, 0.2) is 0 Å². The molecule has 26 heavy (non-hydrogen) atoms. The second-order valence-corrected chi connectivity index (χ2v) is 4.85. The van der Waals surface area contributed by atoms with Gasteiger partial charge >= 0.3 is 0 Å². The van der Waals surface area contributed by atoms with E-state index in [0.29, 0.717) is 0 Å². The van der Waals surface area contributed by atoms with Crippen LogP contribution >= 0.6 is 0 Å². The van der Waals surface area contributed by atoms with E-state index >= 15 is 0 Å². The molecule has 0 rings (SSSR count). The molecular formula is C14H36O12. The molecule has 0 aliphatic heterocycles. The maximum atomic E-state index is 8.96. The third-order valence-electron chi connectivity index (χ3n) is 2.20. The summed E-state index contributed by atoms with van der Waals surface area (Å²) in [6.45, 7) is 1.14. The van der Waals surface area contributed by atoms with Gasteiger partial charge in [-0.1, -0.05) is 0 Å². The Balaban J connectivity index is -0.000000144. The van der Waals surface area contributed by atoms with Crippen molar-refractivity contribution in [1.82, 2.24) is 0 Å². The Hall–Kier alpha value is -0.480. The summed E-state index contributed by atoms with van der Waals surface area (Å²) in [5, 5.41) is 99.8.